The summed E-state index contributed by atoms with van der Waals surface area (Å²) in [6.07, 6.45) is 4.23. The van der Waals surface area contributed by atoms with Crippen molar-refractivity contribution >= 4 is 39.4 Å². The zero-order chi connectivity index (χ0) is 22.5. The fraction of sp³-hybridized carbons (Fsp3) is 0.478. The van der Waals surface area contributed by atoms with E-state index >= 15 is 0 Å². The number of aromatic nitrogens is 3. The molecule has 2 aromatic heterocycles. The molecule has 1 aromatic carbocycles. The molecular formula is C23H27IN4O4. The maximum Gasteiger partial charge on any atom is 0.163 e. The van der Waals surface area contributed by atoms with Crippen LogP contribution in [0.5, 0.6) is 5.75 Å². The third kappa shape index (κ3) is 3.85. The van der Waals surface area contributed by atoms with Crippen LogP contribution in [0.2, 0.25) is 0 Å². The van der Waals surface area contributed by atoms with Gasteiger partial charge in [-0.25, -0.2) is 9.97 Å². The fourth-order valence-electron chi connectivity index (χ4n) is 4.86. The molecule has 3 heterocycles. The second-order valence-electron chi connectivity index (χ2n) is 8.82. The topological polar surface area (TPSA) is 90.7 Å². The number of aliphatic hydroxyl groups excluding tert-OH is 1. The van der Waals surface area contributed by atoms with Crippen molar-refractivity contribution in [1.82, 2.24) is 14.5 Å². The van der Waals surface area contributed by atoms with E-state index < -0.39 is 5.79 Å². The standard InChI is InChI=1S/C23H27IN4O4/c1-23(2)31-19-14(11-29)8-17(20(19)32-23)28-10-16(24)18-21(26-12-27-22(18)28)25-9-13-4-6-15(30-3)7-5-13/h4-7,10,12,14,17,19-20,29H,8-9,11H2,1-3H3,(H,25,26,27)/t14-,17-,19-,20+/m1/s1. The molecule has 2 fully saturated rings. The first-order valence-corrected chi connectivity index (χ1v) is 11.8. The van der Waals surface area contributed by atoms with Crippen LogP contribution in [-0.4, -0.2) is 51.4 Å². The van der Waals surface area contributed by atoms with Crippen LogP contribution in [0.3, 0.4) is 0 Å². The summed E-state index contributed by atoms with van der Waals surface area (Å²) in [5, 5.41) is 14.4. The molecule has 0 bridgehead atoms. The Balaban J connectivity index is 1.44. The molecule has 9 heteroatoms. The number of hydrogen-bond acceptors (Lipinski definition) is 7. The molecule has 0 amide bonds. The Morgan fingerprint density at radius 2 is 1.97 bits per heavy atom. The molecule has 1 saturated carbocycles. The maximum absolute atomic E-state index is 9.93. The van der Waals surface area contributed by atoms with Crippen molar-refractivity contribution in [2.45, 2.75) is 50.8 Å². The molecule has 32 heavy (non-hydrogen) atoms. The summed E-state index contributed by atoms with van der Waals surface area (Å²) >= 11 is 2.34. The highest BCUT2D eigenvalue weighted by Crippen LogP contribution is 2.48. The summed E-state index contributed by atoms with van der Waals surface area (Å²) < 4.78 is 20.9. The maximum atomic E-state index is 9.93. The van der Waals surface area contributed by atoms with Crippen LogP contribution in [0.1, 0.15) is 31.9 Å². The zero-order valence-electron chi connectivity index (χ0n) is 18.3. The molecule has 170 valence electrons. The van der Waals surface area contributed by atoms with Gasteiger partial charge >= 0.3 is 0 Å². The van der Waals surface area contributed by atoms with E-state index in [0.717, 1.165) is 38.2 Å². The smallest absolute Gasteiger partial charge is 0.163 e. The SMILES string of the molecule is COc1ccc(CNc2ncnc3c2c(I)cn3[C@@H]2C[C@H](CO)[C@H]3OC(C)(C)O[C@H]32)cc1. The number of fused-ring (bicyclic) bond motifs is 2. The number of nitrogens with one attached hydrogen (secondary N) is 1. The molecule has 3 aromatic rings. The minimum absolute atomic E-state index is 0.0364. The lowest BCUT2D eigenvalue weighted by atomic mass is 10.1. The molecule has 1 aliphatic carbocycles. The summed E-state index contributed by atoms with van der Waals surface area (Å²) in [6.45, 7) is 4.58. The van der Waals surface area contributed by atoms with Gasteiger partial charge in [-0.3, -0.25) is 0 Å². The molecule has 8 nitrogen and oxygen atoms in total. The number of aliphatic hydroxyl groups is 1. The normalized spacial score (nSPS) is 26.4. The monoisotopic (exact) mass is 550 g/mol. The first-order valence-electron chi connectivity index (χ1n) is 10.7. The molecular weight excluding hydrogens is 523 g/mol. The van der Waals surface area contributed by atoms with Gasteiger partial charge in [-0.1, -0.05) is 12.1 Å². The third-order valence-electron chi connectivity index (χ3n) is 6.33. The molecule has 2 aliphatic rings. The van der Waals surface area contributed by atoms with Crippen LogP contribution in [0.25, 0.3) is 11.0 Å². The number of benzene rings is 1. The van der Waals surface area contributed by atoms with Crippen molar-refractivity contribution in [3.8, 4) is 5.75 Å². The van der Waals surface area contributed by atoms with E-state index in [1.165, 1.54) is 0 Å². The number of hydrogen-bond donors (Lipinski definition) is 2. The molecule has 2 N–H and O–H groups in total. The van der Waals surface area contributed by atoms with Crippen LogP contribution in [0, 0.1) is 9.49 Å². The van der Waals surface area contributed by atoms with Gasteiger partial charge in [0.25, 0.3) is 0 Å². The Morgan fingerprint density at radius 3 is 2.69 bits per heavy atom. The lowest BCUT2D eigenvalue weighted by molar-refractivity contribution is -0.161. The second kappa shape index (κ2) is 8.44. The van der Waals surface area contributed by atoms with Gasteiger partial charge in [0, 0.05) is 28.8 Å². The second-order valence-corrected chi connectivity index (χ2v) is 9.98. The number of anilines is 1. The average molecular weight is 550 g/mol. The predicted octanol–water partition coefficient (Wildman–Crippen LogP) is 3.73. The Labute approximate surface area is 200 Å². The minimum Gasteiger partial charge on any atom is -0.497 e. The highest BCUT2D eigenvalue weighted by atomic mass is 127. The van der Waals surface area contributed by atoms with E-state index in [1.807, 2.05) is 38.1 Å². The largest absolute Gasteiger partial charge is 0.497 e. The van der Waals surface area contributed by atoms with Crippen molar-refractivity contribution in [2.75, 3.05) is 19.0 Å². The lowest BCUT2D eigenvalue weighted by Crippen LogP contribution is -2.27. The summed E-state index contributed by atoms with van der Waals surface area (Å²) in [5.74, 6) is 1.02. The fourth-order valence-corrected chi connectivity index (χ4v) is 5.66. The first kappa shape index (κ1) is 21.9. The molecule has 0 spiro atoms. The Kier molecular flexibility index (Phi) is 5.77. The van der Waals surface area contributed by atoms with Crippen molar-refractivity contribution in [3.63, 3.8) is 0 Å². The van der Waals surface area contributed by atoms with Gasteiger partial charge in [-0.2, -0.15) is 0 Å². The van der Waals surface area contributed by atoms with E-state index in [4.69, 9.17) is 14.2 Å². The minimum atomic E-state index is -0.655. The van der Waals surface area contributed by atoms with Gasteiger partial charge in [0.1, 0.15) is 29.6 Å². The third-order valence-corrected chi connectivity index (χ3v) is 7.14. The van der Waals surface area contributed by atoms with Gasteiger partial charge in [0.2, 0.25) is 0 Å². The molecule has 5 rings (SSSR count). The predicted molar refractivity (Wildman–Crippen MR) is 129 cm³/mol. The Morgan fingerprint density at radius 1 is 1.22 bits per heavy atom. The Hall–Kier alpha value is -1.95. The van der Waals surface area contributed by atoms with Crippen LogP contribution in [0.15, 0.2) is 36.8 Å². The lowest BCUT2D eigenvalue weighted by Gasteiger charge is -2.24. The van der Waals surface area contributed by atoms with Gasteiger partial charge in [-0.05, 0) is 60.6 Å². The van der Waals surface area contributed by atoms with Crippen LogP contribution in [0.4, 0.5) is 5.82 Å². The van der Waals surface area contributed by atoms with E-state index in [0.29, 0.717) is 6.54 Å². The number of rotatable bonds is 6. The Bertz CT molecular complexity index is 1120. The number of methoxy groups -OCH3 is 1. The highest BCUT2D eigenvalue weighted by molar-refractivity contribution is 14.1. The zero-order valence-corrected chi connectivity index (χ0v) is 20.4. The quantitative estimate of drug-likeness (QED) is 0.453. The van der Waals surface area contributed by atoms with Crippen molar-refractivity contribution in [3.05, 3.63) is 45.9 Å². The number of halogens is 1. The van der Waals surface area contributed by atoms with E-state index in [-0.39, 0.29) is 30.8 Å². The molecule has 0 radical (unpaired) electrons. The van der Waals surface area contributed by atoms with Crippen molar-refractivity contribution < 1.29 is 19.3 Å². The van der Waals surface area contributed by atoms with E-state index in [9.17, 15) is 5.11 Å². The van der Waals surface area contributed by atoms with Crippen molar-refractivity contribution in [1.29, 1.82) is 0 Å². The van der Waals surface area contributed by atoms with Crippen LogP contribution < -0.4 is 10.1 Å². The van der Waals surface area contributed by atoms with E-state index in [2.05, 4.69) is 48.6 Å². The first-order chi connectivity index (χ1) is 15.4. The van der Waals surface area contributed by atoms with Crippen LogP contribution in [-0.2, 0) is 16.0 Å². The molecule has 1 saturated heterocycles. The summed E-state index contributed by atoms with van der Waals surface area (Å²) in [5.41, 5.74) is 1.99. The number of nitrogens with zero attached hydrogens (tertiary/aromatic N) is 3. The average Bonchev–Trinajstić information content (AvgIpc) is 3.40. The van der Waals surface area contributed by atoms with Crippen molar-refractivity contribution in [2.24, 2.45) is 5.92 Å². The number of ether oxygens (including phenoxy) is 3. The van der Waals surface area contributed by atoms with Gasteiger partial charge in [0.15, 0.2) is 5.79 Å². The van der Waals surface area contributed by atoms with Gasteiger partial charge in [-0.15, -0.1) is 0 Å². The van der Waals surface area contributed by atoms with Gasteiger partial charge in [0.05, 0.1) is 24.6 Å². The highest BCUT2D eigenvalue weighted by Gasteiger charge is 2.54. The summed E-state index contributed by atoms with van der Waals surface area (Å²) in [4.78, 5) is 9.13. The molecule has 0 unspecified atom stereocenters. The van der Waals surface area contributed by atoms with Gasteiger partial charge < -0.3 is 29.2 Å². The van der Waals surface area contributed by atoms with E-state index in [1.54, 1.807) is 13.4 Å². The van der Waals surface area contributed by atoms with Crippen LogP contribution >= 0.6 is 22.6 Å². The molecule has 1 aliphatic heterocycles. The summed E-state index contributed by atoms with van der Waals surface area (Å²) in [6, 6.07) is 8.01. The summed E-state index contributed by atoms with van der Waals surface area (Å²) in [7, 11) is 1.66. The molecule has 4 atom stereocenters.